The van der Waals surface area contributed by atoms with Crippen LogP contribution in [0, 0.1) is 11.7 Å². The monoisotopic (exact) mass is 519 g/mol. The minimum Gasteiger partial charge on any atom is -0.449 e. The number of hydrogen-bond acceptors (Lipinski definition) is 5. The lowest BCUT2D eigenvalue weighted by Crippen LogP contribution is -2.49. The van der Waals surface area contributed by atoms with Crippen LogP contribution in [0.4, 0.5) is 10.1 Å². The molecule has 2 amide bonds. The molecule has 1 saturated carbocycles. The topological polar surface area (TPSA) is 70.2 Å². The summed E-state index contributed by atoms with van der Waals surface area (Å²) >= 11 is 0. The highest BCUT2D eigenvalue weighted by atomic mass is 19.1. The number of nitrogens with zero attached hydrogens (tertiary/aromatic N) is 3. The number of piperazine rings is 1. The zero-order chi connectivity index (χ0) is 26.7. The Labute approximate surface area is 222 Å². The molecule has 1 spiro atoms. The molecule has 1 aliphatic carbocycles. The van der Waals surface area contributed by atoms with Crippen molar-refractivity contribution in [1.82, 2.24) is 9.80 Å². The van der Waals surface area contributed by atoms with Gasteiger partial charge in [0, 0.05) is 62.4 Å². The van der Waals surface area contributed by atoms with Crippen LogP contribution in [-0.2, 0) is 25.3 Å². The summed E-state index contributed by atoms with van der Waals surface area (Å²) in [5.74, 6) is -0.288. The van der Waals surface area contributed by atoms with Crippen molar-refractivity contribution in [2.75, 3.05) is 44.2 Å². The second-order valence-electron chi connectivity index (χ2n) is 11.6. The largest absolute Gasteiger partial charge is 0.449 e. The summed E-state index contributed by atoms with van der Waals surface area (Å²) in [5.41, 5.74) is 0.974. The second kappa shape index (κ2) is 9.10. The first-order valence-corrected chi connectivity index (χ1v) is 13.7. The molecule has 0 aromatic heterocycles. The van der Waals surface area contributed by atoms with E-state index >= 15 is 4.39 Å². The molecule has 1 unspecified atom stereocenters. The van der Waals surface area contributed by atoms with E-state index in [4.69, 9.17) is 4.74 Å². The maximum absolute atomic E-state index is 15.5. The van der Waals surface area contributed by atoms with Gasteiger partial charge in [0.1, 0.15) is 5.82 Å². The van der Waals surface area contributed by atoms with E-state index < -0.39 is 11.0 Å². The predicted molar refractivity (Wildman–Crippen MR) is 140 cm³/mol. The Kier molecular flexibility index (Phi) is 5.96. The molecule has 4 aliphatic rings. The smallest absolute Gasteiger partial charge is 0.339 e. The van der Waals surface area contributed by atoms with E-state index in [0.29, 0.717) is 82.0 Å². The number of rotatable bonds is 5. The average molecular weight is 520 g/mol. The van der Waals surface area contributed by atoms with E-state index in [-0.39, 0.29) is 23.6 Å². The van der Waals surface area contributed by atoms with Crippen LogP contribution in [0.25, 0.3) is 0 Å². The van der Waals surface area contributed by atoms with Crippen molar-refractivity contribution >= 4 is 23.5 Å². The fourth-order valence-corrected chi connectivity index (χ4v) is 6.41. The van der Waals surface area contributed by atoms with Crippen LogP contribution in [0.3, 0.4) is 0 Å². The Bertz CT molecular complexity index is 1300. The number of ether oxygens (including phenoxy) is 1. The van der Waals surface area contributed by atoms with Crippen LogP contribution in [0.5, 0.6) is 0 Å². The number of likely N-dealkylation sites (tertiary alicyclic amines) is 1. The maximum Gasteiger partial charge on any atom is 0.339 e. The molecule has 3 fully saturated rings. The molecule has 2 aromatic rings. The fourth-order valence-electron chi connectivity index (χ4n) is 6.41. The molecule has 0 radical (unpaired) electrons. The molecule has 38 heavy (non-hydrogen) atoms. The number of carbonyl (C=O) groups is 3. The molecule has 6 rings (SSSR count). The van der Waals surface area contributed by atoms with Gasteiger partial charge in [0.15, 0.2) is 5.60 Å². The molecule has 3 aliphatic heterocycles. The summed E-state index contributed by atoms with van der Waals surface area (Å²) in [7, 11) is 0. The second-order valence-corrected chi connectivity index (χ2v) is 11.6. The Morgan fingerprint density at radius 3 is 2.37 bits per heavy atom. The molecule has 200 valence electrons. The van der Waals surface area contributed by atoms with Crippen molar-refractivity contribution in [2.45, 2.75) is 50.5 Å². The van der Waals surface area contributed by atoms with Crippen LogP contribution in [0.15, 0.2) is 42.5 Å². The van der Waals surface area contributed by atoms with Gasteiger partial charge in [0.05, 0.1) is 17.5 Å². The highest BCUT2D eigenvalue weighted by Gasteiger charge is 2.58. The number of anilines is 1. The third kappa shape index (κ3) is 4.05. The molecule has 0 N–H and O–H groups in total. The summed E-state index contributed by atoms with van der Waals surface area (Å²) in [6, 6.07) is 12.6. The number of esters is 1. The first kappa shape index (κ1) is 24.9. The normalized spacial score (nSPS) is 23.7. The lowest BCUT2D eigenvalue weighted by Gasteiger charge is -2.36. The van der Waals surface area contributed by atoms with Gasteiger partial charge in [-0.25, -0.2) is 9.18 Å². The molecule has 7 nitrogen and oxygen atoms in total. The summed E-state index contributed by atoms with van der Waals surface area (Å²) in [6.45, 7) is 7.42. The first-order valence-electron chi connectivity index (χ1n) is 13.7. The van der Waals surface area contributed by atoms with E-state index in [9.17, 15) is 14.4 Å². The number of fused-ring (bicyclic) bond motifs is 2. The Morgan fingerprint density at radius 2 is 1.68 bits per heavy atom. The summed E-state index contributed by atoms with van der Waals surface area (Å²) in [5, 5.41) is 0. The van der Waals surface area contributed by atoms with Crippen LogP contribution in [-0.4, -0.2) is 66.9 Å². The standard InChI is InChI=1S/C30H34FN3O4/c1-20(2)17-26(35)33-15-13-32(14-16-33)21-7-8-24(25(31)18-21)29(9-10-29)28(37)34-12-11-30(19-34)23-6-4-3-5-22(23)27(36)38-30/h3-8,18,20H,9-17,19H2,1-2H3. The van der Waals surface area contributed by atoms with Gasteiger partial charge in [-0.05, 0) is 37.0 Å². The zero-order valence-electron chi connectivity index (χ0n) is 22.0. The predicted octanol–water partition coefficient (Wildman–Crippen LogP) is 3.85. The van der Waals surface area contributed by atoms with Gasteiger partial charge < -0.3 is 19.4 Å². The van der Waals surface area contributed by atoms with Crippen molar-refractivity contribution in [1.29, 1.82) is 0 Å². The van der Waals surface area contributed by atoms with Gasteiger partial charge in [0.25, 0.3) is 0 Å². The SMILES string of the molecule is CC(C)CC(=O)N1CCN(c2ccc(C3(C(=O)N4CCC5(C4)OC(=O)c4ccccc45)CC3)c(F)c2)CC1. The number of halogens is 1. The average Bonchev–Trinajstić information content (AvgIpc) is 3.53. The van der Waals surface area contributed by atoms with Crippen LogP contribution >= 0.6 is 0 Å². The third-order valence-electron chi connectivity index (χ3n) is 8.65. The lowest BCUT2D eigenvalue weighted by atomic mass is 9.91. The Morgan fingerprint density at radius 1 is 0.947 bits per heavy atom. The highest BCUT2D eigenvalue weighted by molar-refractivity contribution is 5.96. The van der Waals surface area contributed by atoms with E-state index in [0.717, 1.165) is 11.3 Å². The summed E-state index contributed by atoms with van der Waals surface area (Å²) in [4.78, 5) is 44.3. The molecule has 8 heteroatoms. The van der Waals surface area contributed by atoms with E-state index in [1.54, 1.807) is 17.0 Å². The van der Waals surface area contributed by atoms with Crippen molar-refractivity contribution in [3.8, 4) is 0 Å². The Hall–Kier alpha value is -3.42. The maximum atomic E-state index is 15.5. The first-order chi connectivity index (χ1) is 18.2. The zero-order valence-corrected chi connectivity index (χ0v) is 22.0. The summed E-state index contributed by atoms with van der Waals surface area (Å²) < 4.78 is 21.4. The quantitative estimate of drug-likeness (QED) is 0.562. The molecular formula is C30H34FN3O4. The van der Waals surface area contributed by atoms with E-state index in [2.05, 4.69) is 4.90 Å². The van der Waals surface area contributed by atoms with Gasteiger partial charge in [-0.3, -0.25) is 9.59 Å². The van der Waals surface area contributed by atoms with Crippen LogP contribution < -0.4 is 4.90 Å². The van der Waals surface area contributed by atoms with Gasteiger partial charge in [-0.1, -0.05) is 38.1 Å². The lowest BCUT2D eigenvalue weighted by molar-refractivity contribution is -0.134. The van der Waals surface area contributed by atoms with Gasteiger partial charge in [-0.2, -0.15) is 0 Å². The molecule has 1 atom stereocenters. The molecule has 2 aromatic carbocycles. The number of benzene rings is 2. The van der Waals surface area contributed by atoms with Crippen molar-refractivity contribution in [3.63, 3.8) is 0 Å². The third-order valence-corrected chi connectivity index (χ3v) is 8.65. The molecular weight excluding hydrogens is 485 g/mol. The molecule has 2 saturated heterocycles. The number of amides is 2. The fraction of sp³-hybridized carbons (Fsp3) is 0.500. The molecule has 3 heterocycles. The van der Waals surface area contributed by atoms with Crippen molar-refractivity contribution in [3.05, 3.63) is 65.0 Å². The minimum atomic E-state index is -0.849. The minimum absolute atomic E-state index is 0.0845. The molecule has 0 bridgehead atoms. The van der Waals surface area contributed by atoms with E-state index in [1.807, 2.05) is 43.0 Å². The summed E-state index contributed by atoms with van der Waals surface area (Å²) in [6.07, 6.45) is 2.31. The number of carbonyl (C=O) groups excluding carboxylic acids is 3. The van der Waals surface area contributed by atoms with Crippen LogP contribution in [0.2, 0.25) is 0 Å². The van der Waals surface area contributed by atoms with Gasteiger partial charge in [0.2, 0.25) is 11.8 Å². The Balaban J connectivity index is 1.14. The van der Waals surface area contributed by atoms with E-state index in [1.165, 1.54) is 6.07 Å². The van der Waals surface area contributed by atoms with Gasteiger partial charge >= 0.3 is 5.97 Å². The van der Waals surface area contributed by atoms with Crippen molar-refractivity contribution < 1.29 is 23.5 Å². The van der Waals surface area contributed by atoms with Crippen molar-refractivity contribution in [2.24, 2.45) is 5.92 Å². The highest BCUT2D eigenvalue weighted by Crippen LogP contribution is 2.53. The van der Waals surface area contributed by atoms with Crippen LogP contribution in [0.1, 0.15) is 61.0 Å². The van der Waals surface area contributed by atoms with Gasteiger partial charge in [-0.15, -0.1) is 0 Å². The number of hydrogen-bond donors (Lipinski definition) is 0.